The van der Waals surface area contributed by atoms with Crippen molar-refractivity contribution in [1.82, 2.24) is 0 Å². The Morgan fingerprint density at radius 2 is 1.65 bits per heavy atom. The number of hydrogen-bond acceptors (Lipinski definition) is 2. The van der Waals surface area contributed by atoms with Crippen molar-refractivity contribution in [3.63, 3.8) is 0 Å². The molecule has 5 rings (SSSR count). The molecule has 4 aliphatic carbocycles. The van der Waals surface area contributed by atoms with E-state index in [1.54, 1.807) is 0 Å². The van der Waals surface area contributed by atoms with Crippen LogP contribution in [0.4, 0.5) is 0 Å². The molecular weight excluding hydrogens is 284 g/mol. The minimum Gasteiger partial charge on any atom is -0.347 e. The van der Waals surface area contributed by atoms with Gasteiger partial charge < -0.3 is 9.47 Å². The first-order chi connectivity index (χ1) is 11.1. The Morgan fingerprint density at radius 1 is 0.870 bits per heavy atom. The van der Waals surface area contributed by atoms with E-state index in [0.717, 1.165) is 43.3 Å². The average Bonchev–Trinajstić information content (AvgIpc) is 3.14. The molecule has 2 heteroatoms. The summed E-state index contributed by atoms with van der Waals surface area (Å²) in [6.07, 6.45) is 15.6. The van der Waals surface area contributed by atoms with Crippen LogP contribution >= 0.6 is 0 Å². The second-order valence-corrected chi connectivity index (χ2v) is 9.51. The number of fused-ring (bicyclic) bond motifs is 6. The van der Waals surface area contributed by atoms with E-state index < -0.39 is 0 Å². The lowest BCUT2D eigenvalue weighted by atomic mass is 9.45. The Hall–Kier alpha value is -0.340. The lowest BCUT2D eigenvalue weighted by Gasteiger charge is -2.60. The fourth-order valence-electron chi connectivity index (χ4n) is 7.72. The highest BCUT2D eigenvalue weighted by molar-refractivity contribution is 5.14. The minimum atomic E-state index is -0.229. The zero-order valence-corrected chi connectivity index (χ0v) is 14.9. The molecule has 6 atom stereocenters. The topological polar surface area (TPSA) is 18.5 Å². The average molecular weight is 316 g/mol. The Bertz CT molecular complexity index is 520. The zero-order valence-electron chi connectivity index (χ0n) is 14.9. The molecule has 0 aromatic heterocycles. The molecule has 23 heavy (non-hydrogen) atoms. The van der Waals surface area contributed by atoms with E-state index >= 15 is 0 Å². The second kappa shape index (κ2) is 4.85. The van der Waals surface area contributed by atoms with Gasteiger partial charge in [0.1, 0.15) is 0 Å². The summed E-state index contributed by atoms with van der Waals surface area (Å²) in [5.74, 6) is 3.37. The van der Waals surface area contributed by atoms with Crippen molar-refractivity contribution in [2.45, 2.75) is 71.0 Å². The minimum absolute atomic E-state index is 0.229. The summed E-state index contributed by atoms with van der Waals surface area (Å²) < 4.78 is 12.5. The summed E-state index contributed by atoms with van der Waals surface area (Å²) >= 11 is 0. The quantitative estimate of drug-likeness (QED) is 0.589. The highest BCUT2D eigenvalue weighted by atomic mass is 16.7. The summed E-state index contributed by atoms with van der Waals surface area (Å²) in [5.41, 5.74) is 0.824. The molecule has 3 saturated carbocycles. The van der Waals surface area contributed by atoms with E-state index in [9.17, 15) is 0 Å². The molecule has 2 nitrogen and oxygen atoms in total. The first kappa shape index (κ1) is 15.0. The summed E-state index contributed by atoms with van der Waals surface area (Å²) in [5, 5.41) is 0. The van der Waals surface area contributed by atoms with Crippen molar-refractivity contribution < 1.29 is 9.47 Å². The van der Waals surface area contributed by atoms with Gasteiger partial charge in [-0.3, -0.25) is 0 Å². The molecule has 1 saturated heterocycles. The van der Waals surface area contributed by atoms with Crippen molar-refractivity contribution >= 4 is 0 Å². The van der Waals surface area contributed by atoms with Crippen molar-refractivity contribution in [3.05, 3.63) is 12.2 Å². The fraction of sp³-hybridized carbons (Fsp3) is 0.905. The third kappa shape index (κ3) is 1.78. The Morgan fingerprint density at radius 3 is 2.48 bits per heavy atom. The van der Waals surface area contributed by atoms with Crippen molar-refractivity contribution in [2.24, 2.45) is 34.5 Å². The summed E-state index contributed by atoms with van der Waals surface area (Å²) in [6, 6.07) is 0. The molecule has 0 radical (unpaired) electrons. The summed E-state index contributed by atoms with van der Waals surface area (Å²) in [4.78, 5) is 0. The SMILES string of the molecule is C[C@]12CC=CC[C@@H]1CC[C@@H]1[C@H]2CC[C@@]2(C)[C@H]1CCC21OCCO1. The van der Waals surface area contributed by atoms with Gasteiger partial charge in [-0.25, -0.2) is 0 Å². The van der Waals surface area contributed by atoms with E-state index in [2.05, 4.69) is 26.0 Å². The molecule has 0 aromatic rings. The van der Waals surface area contributed by atoms with Gasteiger partial charge >= 0.3 is 0 Å². The molecule has 1 heterocycles. The predicted octanol–water partition coefficient (Wildman–Crippen LogP) is 4.94. The van der Waals surface area contributed by atoms with Crippen LogP contribution in [0.5, 0.6) is 0 Å². The maximum absolute atomic E-state index is 6.25. The first-order valence-electron chi connectivity index (χ1n) is 10.0. The Kier molecular flexibility index (Phi) is 3.15. The van der Waals surface area contributed by atoms with Crippen LogP contribution in [0.15, 0.2) is 12.2 Å². The van der Waals surface area contributed by atoms with Crippen LogP contribution in [0.25, 0.3) is 0 Å². The van der Waals surface area contributed by atoms with Gasteiger partial charge in [-0.05, 0) is 74.0 Å². The fourth-order valence-corrected chi connectivity index (χ4v) is 7.72. The highest BCUT2D eigenvalue weighted by Crippen LogP contribution is 2.69. The lowest BCUT2D eigenvalue weighted by Crippen LogP contribution is -2.56. The van der Waals surface area contributed by atoms with Gasteiger partial charge in [0, 0.05) is 11.8 Å². The summed E-state index contributed by atoms with van der Waals surface area (Å²) in [6.45, 7) is 6.73. The normalized spacial score (nSPS) is 53.8. The molecule has 0 bridgehead atoms. The van der Waals surface area contributed by atoms with Crippen LogP contribution in [0.3, 0.4) is 0 Å². The number of allylic oxidation sites excluding steroid dienone is 2. The van der Waals surface area contributed by atoms with Gasteiger partial charge in [0.15, 0.2) is 5.79 Å². The molecule has 4 fully saturated rings. The van der Waals surface area contributed by atoms with E-state index in [0.29, 0.717) is 5.41 Å². The Balaban J connectivity index is 1.48. The molecule has 0 unspecified atom stereocenters. The largest absolute Gasteiger partial charge is 0.347 e. The van der Waals surface area contributed by atoms with E-state index in [1.165, 1.54) is 44.9 Å². The van der Waals surface area contributed by atoms with Gasteiger partial charge in [-0.15, -0.1) is 0 Å². The van der Waals surface area contributed by atoms with Gasteiger partial charge in [0.05, 0.1) is 13.2 Å². The highest BCUT2D eigenvalue weighted by Gasteiger charge is 2.66. The third-order valence-electron chi connectivity index (χ3n) is 9.01. The third-order valence-corrected chi connectivity index (χ3v) is 9.01. The van der Waals surface area contributed by atoms with Crippen LogP contribution in [0, 0.1) is 34.5 Å². The van der Waals surface area contributed by atoms with Crippen LogP contribution in [-0.4, -0.2) is 19.0 Å². The van der Waals surface area contributed by atoms with Gasteiger partial charge in [0.25, 0.3) is 0 Å². The van der Waals surface area contributed by atoms with Gasteiger partial charge in [-0.2, -0.15) is 0 Å². The molecular formula is C21H32O2. The van der Waals surface area contributed by atoms with Gasteiger partial charge in [0.2, 0.25) is 0 Å². The van der Waals surface area contributed by atoms with Gasteiger partial charge in [-0.1, -0.05) is 26.0 Å². The zero-order chi connectivity index (χ0) is 15.7. The smallest absolute Gasteiger partial charge is 0.174 e. The molecule has 128 valence electrons. The molecule has 1 aliphatic heterocycles. The molecule has 5 aliphatic rings. The summed E-state index contributed by atoms with van der Waals surface area (Å²) in [7, 11) is 0. The maximum atomic E-state index is 6.25. The lowest BCUT2D eigenvalue weighted by molar-refractivity contribution is -0.246. The van der Waals surface area contributed by atoms with E-state index in [1.807, 2.05) is 0 Å². The van der Waals surface area contributed by atoms with Crippen LogP contribution in [-0.2, 0) is 9.47 Å². The standard InChI is InChI=1S/C21H32O2/c1-19-10-4-3-5-15(19)6-7-16-17(19)8-11-20(2)18(16)9-12-21(20)22-13-14-23-21/h3-4,15-18H,5-14H2,1-2H3/t15-,16-,17-,18+,19+,20+/m1/s1. The van der Waals surface area contributed by atoms with E-state index in [-0.39, 0.29) is 11.2 Å². The van der Waals surface area contributed by atoms with Crippen molar-refractivity contribution in [3.8, 4) is 0 Å². The van der Waals surface area contributed by atoms with Crippen molar-refractivity contribution in [1.29, 1.82) is 0 Å². The number of rotatable bonds is 0. The second-order valence-electron chi connectivity index (χ2n) is 9.51. The van der Waals surface area contributed by atoms with E-state index in [4.69, 9.17) is 9.47 Å². The maximum Gasteiger partial charge on any atom is 0.174 e. The molecule has 0 amide bonds. The van der Waals surface area contributed by atoms with Crippen molar-refractivity contribution in [2.75, 3.05) is 13.2 Å². The van der Waals surface area contributed by atoms with Crippen LogP contribution in [0.2, 0.25) is 0 Å². The number of hydrogen-bond donors (Lipinski definition) is 0. The molecule has 1 spiro atoms. The molecule has 0 N–H and O–H groups in total. The first-order valence-corrected chi connectivity index (χ1v) is 10.0. The predicted molar refractivity (Wildman–Crippen MR) is 90.9 cm³/mol. The van der Waals surface area contributed by atoms with Crippen LogP contribution in [0.1, 0.15) is 65.2 Å². The van der Waals surface area contributed by atoms with Crippen LogP contribution < -0.4 is 0 Å². The molecule has 0 aromatic carbocycles. The Labute approximate surface area is 141 Å². The number of ether oxygens (including phenoxy) is 2. The monoisotopic (exact) mass is 316 g/mol.